The number of halogens is 2. The van der Waals surface area contributed by atoms with Crippen molar-refractivity contribution in [1.29, 1.82) is 0 Å². The van der Waals surface area contributed by atoms with Gasteiger partial charge in [-0.15, -0.1) is 0 Å². The molecule has 0 aliphatic rings. The molecule has 0 unspecified atom stereocenters. The van der Waals surface area contributed by atoms with Crippen LogP contribution in [0.2, 0.25) is 0 Å². The Morgan fingerprint density at radius 2 is 1.88 bits per heavy atom. The van der Waals surface area contributed by atoms with E-state index in [1.807, 2.05) is 0 Å². The van der Waals surface area contributed by atoms with E-state index in [-0.39, 0.29) is 11.1 Å². The van der Waals surface area contributed by atoms with Crippen LogP contribution in [0.4, 0.5) is 8.78 Å². The Kier molecular flexibility index (Phi) is 2.82. The number of ketones is 1. The summed E-state index contributed by atoms with van der Waals surface area (Å²) in [5, 5.41) is 0. The lowest BCUT2D eigenvalue weighted by Gasteiger charge is -2.01. The Morgan fingerprint density at radius 1 is 1.12 bits per heavy atom. The lowest BCUT2D eigenvalue weighted by Crippen LogP contribution is -2.06. The number of rotatable bonds is 2. The zero-order valence-electron chi connectivity index (χ0n) is 8.44. The van der Waals surface area contributed by atoms with Gasteiger partial charge in [-0.2, -0.15) is 0 Å². The summed E-state index contributed by atoms with van der Waals surface area (Å²) < 4.78 is 30.5. The van der Waals surface area contributed by atoms with Crippen LogP contribution in [-0.4, -0.2) is 5.78 Å². The average Bonchev–Trinajstić information content (AvgIpc) is 2.29. The van der Waals surface area contributed by atoms with Gasteiger partial charge in [-0.1, -0.05) is 0 Å². The van der Waals surface area contributed by atoms with Gasteiger partial charge in [0.1, 0.15) is 17.9 Å². The Labute approximate surface area is 94.3 Å². The first-order valence-corrected chi connectivity index (χ1v) is 4.66. The van der Waals surface area contributed by atoms with Crippen molar-refractivity contribution in [2.75, 3.05) is 0 Å². The quantitative estimate of drug-likeness (QED) is 0.750. The summed E-state index contributed by atoms with van der Waals surface area (Å²) in [7, 11) is 0. The molecule has 5 heteroatoms. The molecule has 3 nitrogen and oxygen atoms in total. The molecule has 0 fully saturated rings. The Hall–Kier alpha value is -2.30. The molecule has 1 aromatic heterocycles. The molecule has 0 saturated carbocycles. The molecule has 2 rings (SSSR count). The molecule has 0 N–H and O–H groups in total. The molecule has 0 aliphatic heterocycles. The maximum atomic E-state index is 13.3. The summed E-state index contributed by atoms with van der Waals surface area (Å²) in [6.45, 7) is 0. The maximum absolute atomic E-state index is 13.3. The Morgan fingerprint density at radius 3 is 2.47 bits per heavy atom. The van der Waals surface area contributed by atoms with Gasteiger partial charge in [0, 0.05) is 12.1 Å². The summed E-state index contributed by atoms with van der Waals surface area (Å²) >= 11 is 0. The van der Waals surface area contributed by atoms with Crippen LogP contribution in [0.3, 0.4) is 0 Å². The molecule has 0 bridgehead atoms. The van der Waals surface area contributed by atoms with Crippen molar-refractivity contribution in [1.82, 2.24) is 0 Å². The zero-order valence-corrected chi connectivity index (χ0v) is 8.44. The first-order valence-electron chi connectivity index (χ1n) is 4.66. The third-order valence-electron chi connectivity index (χ3n) is 2.14. The highest BCUT2D eigenvalue weighted by Gasteiger charge is 2.15. The van der Waals surface area contributed by atoms with Crippen LogP contribution in [0.1, 0.15) is 15.9 Å². The van der Waals surface area contributed by atoms with E-state index in [9.17, 15) is 18.4 Å². The molecule has 0 atom stereocenters. The lowest BCUT2D eigenvalue weighted by atomic mass is 10.0. The van der Waals surface area contributed by atoms with Gasteiger partial charge in [-0.25, -0.2) is 13.6 Å². The molecule has 1 aromatic carbocycles. The molecular formula is C12H6F2O3. The van der Waals surface area contributed by atoms with Crippen LogP contribution in [0.5, 0.6) is 0 Å². The van der Waals surface area contributed by atoms with Gasteiger partial charge < -0.3 is 4.42 Å². The fourth-order valence-corrected chi connectivity index (χ4v) is 1.32. The van der Waals surface area contributed by atoms with Crippen molar-refractivity contribution in [3.63, 3.8) is 0 Å². The van der Waals surface area contributed by atoms with Crippen molar-refractivity contribution in [2.24, 2.45) is 0 Å². The third kappa shape index (κ3) is 2.28. The largest absolute Gasteiger partial charge is 0.431 e. The van der Waals surface area contributed by atoms with Crippen molar-refractivity contribution < 1.29 is 18.0 Å². The molecule has 0 amide bonds. The molecule has 17 heavy (non-hydrogen) atoms. The predicted octanol–water partition coefficient (Wildman–Crippen LogP) is 2.15. The molecular weight excluding hydrogens is 230 g/mol. The minimum atomic E-state index is -0.957. The first-order chi connectivity index (χ1) is 8.08. The van der Waals surface area contributed by atoms with Crippen LogP contribution >= 0.6 is 0 Å². The second-order valence-corrected chi connectivity index (χ2v) is 3.30. The molecule has 0 spiro atoms. The molecule has 0 saturated heterocycles. The van der Waals surface area contributed by atoms with Crippen molar-refractivity contribution in [3.05, 3.63) is 69.8 Å². The van der Waals surface area contributed by atoms with Gasteiger partial charge >= 0.3 is 5.63 Å². The van der Waals surface area contributed by atoms with E-state index in [0.29, 0.717) is 6.07 Å². The number of hydrogen-bond acceptors (Lipinski definition) is 3. The van der Waals surface area contributed by atoms with Gasteiger partial charge in [0.25, 0.3) is 0 Å². The fourth-order valence-electron chi connectivity index (χ4n) is 1.32. The normalized spacial score (nSPS) is 10.2. The van der Waals surface area contributed by atoms with Gasteiger partial charge in [-0.05, 0) is 18.2 Å². The zero-order chi connectivity index (χ0) is 12.4. The third-order valence-corrected chi connectivity index (χ3v) is 2.14. The average molecular weight is 236 g/mol. The van der Waals surface area contributed by atoms with Crippen LogP contribution in [0, 0.1) is 11.6 Å². The Bertz CT molecular complexity index is 611. The summed E-state index contributed by atoms with van der Waals surface area (Å²) in [6, 6.07) is 4.91. The monoisotopic (exact) mass is 236 g/mol. The van der Waals surface area contributed by atoms with Gasteiger partial charge in [0.2, 0.25) is 0 Å². The highest BCUT2D eigenvalue weighted by Crippen LogP contribution is 2.14. The number of hydrogen-bond donors (Lipinski definition) is 0. The second-order valence-electron chi connectivity index (χ2n) is 3.30. The number of carbonyl (C=O) groups excluding carboxylic acids is 1. The van der Waals surface area contributed by atoms with Crippen LogP contribution in [0.15, 0.2) is 45.8 Å². The molecule has 0 aliphatic carbocycles. The van der Waals surface area contributed by atoms with E-state index in [1.54, 1.807) is 0 Å². The van der Waals surface area contributed by atoms with E-state index >= 15 is 0 Å². The first kappa shape index (κ1) is 11.2. The summed E-state index contributed by atoms with van der Waals surface area (Å²) in [5.74, 6) is -2.40. The van der Waals surface area contributed by atoms with Gasteiger partial charge in [-0.3, -0.25) is 4.79 Å². The molecule has 2 aromatic rings. The minimum absolute atomic E-state index is 0.0232. The SMILES string of the molecule is O=C(c1ccc(=O)oc1)c1ccc(F)cc1F. The summed E-state index contributed by atoms with van der Waals surface area (Å²) in [4.78, 5) is 22.5. The molecule has 0 radical (unpaired) electrons. The highest BCUT2D eigenvalue weighted by molar-refractivity contribution is 6.08. The predicted molar refractivity (Wildman–Crippen MR) is 54.8 cm³/mol. The van der Waals surface area contributed by atoms with E-state index < -0.39 is 23.0 Å². The topological polar surface area (TPSA) is 47.3 Å². The fraction of sp³-hybridized carbons (Fsp3) is 0. The molecule has 86 valence electrons. The number of carbonyl (C=O) groups is 1. The van der Waals surface area contributed by atoms with Crippen molar-refractivity contribution in [3.8, 4) is 0 Å². The van der Waals surface area contributed by atoms with Crippen LogP contribution in [0.25, 0.3) is 0 Å². The van der Waals surface area contributed by atoms with E-state index in [1.165, 1.54) is 6.07 Å². The lowest BCUT2D eigenvalue weighted by molar-refractivity contribution is 0.103. The standard InChI is InChI=1S/C12H6F2O3/c13-8-2-3-9(10(14)5-8)12(16)7-1-4-11(15)17-6-7/h1-6H. The highest BCUT2D eigenvalue weighted by atomic mass is 19.1. The van der Waals surface area contributed by atoms with Gasteiger partial charge in [0.15, 0.2) is 5.78 Å². The smallest absolute Gasteiger partial charge is 0.335 e. The van der Waals surface area contributed by atoms with E-state index in [4.69, 9.17) is 0 Å². The van der Waals surface area contributed by atoms with Gasteiger partial charge in [0.05, 0.1) is 11.1 Å². The van der Waals surface area contributed by atoms with E-state index in [2.05, 4.69) is 4.42 Å². The van der Waals surface area contributed by atoms with Crippen molar-refractivity contribution >= 4 is 5.78 Å². The van der Waals surface area contributed by atoms with Crippen LogP contribution < -0.4 is 5.63 Å². The van der Waals surface area contributed by atoms with Crippen LogP contribution in [-0.2, 0) is 0 Å². The summed E-state index contributed by atoms with van der Waals surface area (Å²) in [6.07, 6.45) is 0.938. The summed E-state index contributed by atoms with van der Waals surface area (Å²) in [5.41, 5.74) is -0.864. The van der Waals surface area contributed by atoms with Crippen molar-refractivity contribution in [2.45, 2.75) is 0 Å². The second kappa shape index (κ2) is 4.29. The van der Waals surface area contributed by atoms with E-state index in [0.717, 1.165) is 24.5 Å². The molecule has 1 heterocycles. The number of benzene rings is 1. The minimum Gasteiger partial charge on any atom is -0.431 e. The maximum Gasteiger partial charge on any atom is 0.335 e. The Balaban J connectivity index is 2.43.